The number of carbonyl (C=O) groups excluding carboxylic acids is 1. The molecule has 2 aliphatic heterocycles. The number of hydrogen-bond acceptors (Lipinski definition) is 5. The highest BCUT2D eigenvalue weighted by molar-refractivity contribution is 5.96. The van der Waals surface area contributed by atoms with Crippen LogP contribution in [0.25, 0.3) is 0 Å². The first-order valence-corrected chi connectivity index (χ1v) is 9.65. The topological polar surface area (TPSA) is 56.3 Å². The molecule has 2 aliphatic rings. The third-order valence-corrected chi connectivity index (χ3v) is 5.10. The van der Waals surface area contributed by atoms with Crippen LogP contribution in [0.15, 0.2) is 24.3 Å². The predicted octanol–water partition coefficient (Wildman–Crippen LogP) is 0.979. The molecule has 0 aromatic heterocycles. The van der Waals surface area contributed by atoms with Crippen molar-refractivity contribution in [2.75, 3.05) is 57.3 Å². The first kappa shape index (κ1) is 19.3. The summed E-state index contributed by atoms with van der Waals surface area (Å²) < 4.78 is 5.47. The lowest BCUT2D eigenvalue weighted by atomic mass is 10.2. The lowest BCUT2D eigenvalue weighted by Crippen LogP contribution is -2.51. The van der Waals surface area contributed by atoms with Gasteiger partial charge in [-0.05, 0) is 31.9 Å². The van der Waals surface area contributed by atoms with Gasteiger partial charge in [-0.25, -0.2) is 0 Å². The van der Waals surface area contributed by atoms with Crippen molar-refractivity contribution >= 4 is 11.6 Å². The van der Waals surface area contributed by atoms with Gasteiger partial charge in [0.15, 0.2) is 0 Å². The smallest absolute Gasteiger partial charge is 0.241 e. The van der Waals surface area contributed by atoms with Crippen molar-refractivity contribution in [3.63, 3.8) is 0 Å². The number of benzene rings is 1. The normalized spacial score (nSPS) is 19.8. The fourth-order valence-electron chi connectivity index (χ4n) is 3.66. The van der Waals surface area contributed by atoms with Crippen LogP contribution in [0.3, 0.4) is 0 Å². The molecule has 0 bridgehead atoms. The van der Waals surface area contributed by atoms with Crippen LogP contribution in [0, 0.1) is 0 Å². The largest absolute Gasteiger partial charge is 0.389 e. The minimum Gasteiger partial charge on any atom is -0.389 e. The maximum Gasteiger partial charge on any atom is 0.241 e. The minimum absolute atomic E-state index is 0.142. The van der Waals surface area contributed by atoms with Gasteiger partial charge in [0, 0.05) is 45.0 Å². The zero-order chi connectivity index (χ0) is 18.5. The highest BCUT2D eigenvalue weighted by Crippen LogP contribution is 2.27. The number of para-hydroxylation sites is 1. The molecule has 144 valence electrons. The lowest BCUT2D eigenvalue weighted by molar-refractivity contribution is -0.120. The molecular weight excluding hydrogens is 330 g/mol. The molecule has 1 saturated heterocycles. The Hall–Kier alpha value is -1.47. The zero-order valence-corrected chi connectivity index (χ0v) is 15.9. The quantitative estimate of drug-likeness (QED) is 0.785. The molecule has 6 heteroatoms. The third kappa shape index (κ3) is 5.04. The number of aliphatic hydroxyl groups is 1. The first-order valence-electron chi connectivity index (χ1n) is 9.65. The molecule has 1 aromatic carbocycles. The van der Waals surface area contributed by atoms with Crippen molar-refractivity contribution in [1.29, 1.82) is 0 Å². The van der Waals surface area contributed by atoms with E-state index in [1.54, 1.807) is 0 Å². The summed E-state index contributed by atoms with van der Waals surface area (Å²) in [6.45, 7) is 9.70. The van der Waals surface area contributed by atoms with Crippen molar-refractivity contribution in [3.8, 4) is 0 Å². The molecule has 0 spiro atoms. The van der Waals surface area contributed by atoms with Gasteiger partial charge in [0.2, 0.25) is 5.91 Å². The van der Waals surface area contributed by atoms with E-state index in [0.29, 0.717) is 19.7 Å². The summed E-state index contributed by atoms with van der Waals surface area (Å²) in [5.74, 6) is 0.189. The first-order chi connectivity index (χ1) is 12.5. The summed E-state index contributed by atoms with van der Waals surface area (Å²) in [5, 5.41) is 10.1. The van der Waals surface area contributed by atoms with E-state index in [1.807, 2.05) is 36.9 Å². The second-order valence-corrected chi connectivity index (χ2v) is 7.54. The number of carbonyl (C=O) groups is 1. The van der Waals surface area contributed by atoms with E-state index in [1.165, 1.54) is 5.56 Å². The second-order valence-electron chi connectivity index (χ2n) is 7.54. The molecule has 26 heavy (non-hydrogen) atoms. The Morgan fingerprint density at radius 1 is 1.12 bits per heavy atom. The van der Waals surface area contributed by atoms with Crippen LogP contribution in [0.5, 0.6) is 0 Å². The summed E-state index contributed by atoms with van der Waals surface area (Å²) in [4.78, 5) is 19.1. The highest BCUT2D eigenvalue weighted by Gasteiger charge is 2.27. The van der Waals surface area contributed by atoms with Gasteiger partial charge in [0.05, 0.1) is 25.4 Å². The van der Waals surface area contributed by atoms with Gasteiger partial charge in [0.1, 0.15) is 0 Å². The van der Waals surface area contributed by atoms with Gasteiger partial charge < -0.3 is 14.7 Å². The van der Waals surface area contributed by atoms with E-state index >= 15 is 0 Å². The van der Waals surface area contributed by atoms with Crippen molar-refractivity contribution in [2.24, 2.45) is 0 Å². The van der Waals surface area contributed by atoms with Gasteiger partial charge in [-0.2, -0.15) is 0 Å². The number of rotatable bonds is 7. The van der Waals surface area contributed by atoms with E-state index in [2.05, 4.69) is 15.9 Å². The van der Waals surface area contributed by atoms with Gasteiger partial charge in [0.25, 0.3) is 0 Å². The number of amides is 1. The summed E-state index contributed by atoms with van der Waals surface area (Å²) >= 11 is 0. The van der Waals surface area contributed by atoms with E-state index in [4.69, 9.17) is 4.74 Å². The summed E-state index contributed by atoms with van der Waals surface area (Å²) in [5.41, 5.74) is 2.34. The van der Waals surface area contributed by atoms with Crippen LogP contribution in [0.2, 0.25) is 0 Å². The zero-order valence-electron chi connectivity index (χ0n) is 15.9. The van der Waals surface area contributed by atoms with Crippen LogP contribution in [0.4, 0.5) is 5.69 Å². The molecule has 0 saturated carbocycles. The standard InChI is InChI=1S/C20H31N3O3/c1-16(2)26-15-18(24)13-21-9-11-22(12-10-21)14-20(25)23-8-7-17-5-3-4-6-19(17)23/h3-6,16,18,24H,7-15H2,1-2H3/t18-/m0/s1. The number of anilines is 1. The fraction of sp³-hybridized carbons (Fsp3) is 0.650. The number of β-amino-alcohol motifs (C(OH)–C–C–N with tert-alkyl or cyclic N) is 1. The predicted molar refractivity (Wildman–Crippen MR) is 102 cm³/mol. The summed E-state index contributed by atoms with van der Waals surface area (Å²) in [6.07, 6.45) is 0.640. The monoisotopic (exact) mass is 361 g/mol. The van der Waals surface area contributed by atoms with Crippen LogP contribution in [0.1, 0.15) is 19.4 Å². The van der Waals surface area contributed by atoms with Gasteiger partial charge >= 0.3 is 0 Å². The molecule has 1 N–H and O–H groups in total. The molecule has 1 amide bonds. The van der Waals surface area contributed by atoms with Gasteiger partial charge in [-0.1, -0.05) is 18.2 Å². The van der Waals surface area contributed by atoms with E-state index in [0.717, 1.165) is 44.8 Å². The maximum atomic E-state index is 12.7. The average molecular weight is 361 g/mol. The Morgan fingerprint density at radius 3 is 2.54 bits per heavy atom. The molecule has 3 rings (SSSR count). The molecule has 2 heterocycles. The molecular formula is C20H31N3O3. The van der Waals surface area contributed by atoms with E-state index in [9.17, 15) is 9.90 Å². The number of fused-ring (bicyclic) bond motifs is 1. The molecule has 1 fully saturated rings. The minimum atomic E-state index is -0.452. The molecule has 1 aromatic rings. The van der Waals surface area contributed by atoms with E-state index < -0.39 is 6.10 Å². The van der Waals surface area contributed by atoms with Crippen LogP contribution in [-0.2, 0) is 16.0 Å². The Labute approximate surface area is 156 Å². The van der Waals surface area contributed by atoms with Crippen LogP contribution < -0.4 is 4.90 Å². The fourth-order valence-corrected chi connectivity index (χ4v) is 3.66. The van der Waals surface area contributed by atoms with E-state index in [-0.39, 0.29) is 12.0 Å². The summed E-state index contributed by atoms with van der Waals surface area (Å²) in [7, 11) is 0. The Kier molecular flexibility index (Phi) is 6.64. The number of hydrogen-bond donors (Lipinski definition) is 1. The molecule has 0 radical (unpaired) electrons. The molecule has 0 aliphatic carbocycles. The van der Waals surface area contributed by atoms with Crippen molar-refractivity contribution in [3.05, 3.63) is 29.8 Å². The Balaban J connectivity index is 1.41. The van der Waals surface area contributed by atoms with Crippen molar-refractivity contribution in [2.45, 2.75) is 32.5 Å². The van der Waals surface area contributed by atoms with Crippen LogP contribution >= 0.6 is 0 Å². The molecule has 6 nitrogen and oxygen atoms in total. The van der Waals surface area contributed by atoms with Crippen LogP contribution in [-0.4, -0.2) is 85.4 Å². The third-order valence-electron chi connectivity index (χ3n) is 5.10. The number of aliphatic hydroxyl groups excluding tert-OH is 1. The molecule has 1 atom stereocenters. The average Bonchev–Trinajstić information content (AvgIpc) is 3.06. The van der Waals surface area contributed by atoms with Gasteiger partial charge in [-0.15, -0.1) is 0 Å². The second kappa shape index (κ2) is 8.95. The number of piperazine rings is 1. The Bertz CT molecular complexity index is 600. The SMILES string of the molecule is CC(C)OC[C@@H](O)CN1CCN(CC(=O)N2CCc3ccccc32)CC1. The summed E-state index contributed by atoms with van der Waals surface area (Å²) in [6, 6.07) is 8.18. The van der Waals surface area contributed by atoms with Crippen molar-refractivity contribution < 1.29 is 14.6 Å². The lowest BCUT2D eigenvalue weighted by Gasteiger charge is -2.35. The molecule has 0 unspecified atom stereocenters. The highest BCUT2D eigenvalue weighted by atomic mass is 16.5. The number of nitrogens with zero attached hydrogens (tertiary/aromatic N) is 3. The number of ether oxygens (including phenoxy) is 1. The van der Waals surface area contributed by atoms with Gasteiger partial charge in [-0.3, -0.25) is 14.6 Å². The van der Waals surface area contributed by atoms with Crippen molar-refractivity contribution in [1.82, 2.24) is 9.80 Å². The maximum absolute atomic E-state index is 12.7. The Morgan fingerprint density at radius 2 is 1.81 bits per heavy atom.